The zero-order valence-corrected chi connectivity index (χ0v) is 36.8. The first kappa shape index (κ1) is 38.7. The summed E-state index contributed by atoms with van der Waals surface area (Å²) in [4.78, 5) is 2.43. The van der Waals surface area contributed by atoms with Gasteiger partial charge in [0.25, 0.3) is 0 Å². The van der Waals surface area contributed by atoms with E-state index in [-0.39, 0.29) is 21.7 Å². The maximum Gasteiger partial charge on any atom is 0.0468 e. The summed E-state index contributed by atoms with van der Waals surface area (Å²) in [5, 5.41) is 0. The predicted molar refractivity (Wildman–Crippen MR) is 260 cm³/mol. The van der Waals surface area contributed by atoms with Crippen LogP contribution in [0.2, 0.25) is 0 Å². The average Bonchev–Trinajstić information content (AvgIpc) is 3.28. The zero-order valence-electron chi connectivity index (χ0n) is 36.8. The van der Waals surface area contributed by atoms with Gasteiger partial charge in [0.05, 0.1) is 0 Å². The van der Waals surface area contributed by atoms with Crippen molar-refractivity contribution in [3.63, 3.8) is 0 Å². The Morgan fingerprint density at radius 3 is 1.38 bits per heavy atom. The molecule has 300 valence electrons. The Morgan fingerprint density at radius 1 is 0.246 bits per heavy atom. The molecular weight excluding hydrogens is 735 g/mol. The van der Waals surface area contributed by atoms with Gasteiger partial charge in [-0.2, -0.15) is 0 Å². The molecule has 1 nitrogen and oxygen atoms in total. The van der Waals surface area contributed by atoms with E-state index in [1.165, 1.54) is 77.9 Å². The van der Waals surface area contributed by atoms with Crippen LogP contribution in [0.4, 0.5) is 17.1 Å². The van der Waals surface area contributed by atoms with Gasteiger partial charge in [-0.15, -0.1) is 0 Å². The van der Waals surface area contributed by atoms with Crippen LogP contribution in [0.15, 0.2) is 188 Å². The van der Waals surface area contributed by atoms with Crippen molar-refractivity contribution in [2.75, 3.05) is 4.90 Å². The van der Waals surface area contributed by atoms with Gasteiger partial charge in [-0.05, 0) is 154 Å². The van der Waals surface area contributed by atoms with Gasteiger partial charge in [0.1, 0.15) is 0 Å². The van der Waals surface area contributed by atoms with Crippen molar-refractivity contribution in [1.82, 2.24) is 0 Å². The van der Waals surface area contributed by atoms with Crippen LogP contribution in [0, 0.1) is 0 Å². The standard InChI is InChI=1S/C60H55N/c1-57(2)53-28-16-15-27-49(53)52-39-48(31-34-55(52)58(57,3)4)61(46-24-13-10-14-25-46)47-26-18-23-43(36-47)45-29-32-50-51-37-44(30-33-54(51)59(5,6)60(7,8)56(50)38-45)42-22-17-21-41(35-42)40-19-11-9-12-20-40/h9-39H,1-8H3. The van der Waals surface area contributed by atoms with Crippen molar-refractivity contribution in [2.24, 2.45) is 0 Å². The molecule has 8 aromatic rings. The third-order valence-electron chi connectivity index (χ3n) is 15.4. The normalized spacial score (nSPS) is 16.1. The van der Waals surface area contributed by atoms with Gasteiger partial charge in [0, 0.05) is 17.1 Å². The van der Waals surface area contributed by atoms with E-state index >= 15 is 0 Å². The SMILES string of the molecule is CC1(C)c2ccccc2-c2cc(N(c3ccccc3)c3cccc(-c4ccc5c(c4)C(C)(C)C(C)(C)c4ccc(-c6cccc(-c7ccccc7)c6)cc4-5)c3)ccc2C1(C)C. The molecule has 2 aliphatic carbocycles. The number of fused-ring (bicyclic) bond motifs is 6. The first-order valence-corrected chi connectivity index (χ1v) is 21.9. The van der Waals surface area contributed by atoms with Gasteiger partial charge in [-0.1, -0.05) is 189 Å². The lowest BCUT2D eigenvalue weighted by atomic mass is 9.55. The van der Waals surface area contributed by atoms with Crippen LogP contribution in [-0.4, -0.2) is 0 Å². The maximum atomic E-state index is 2.48. The Bertz CT molecular complexity index is 2960. The van der Waals surface area contributed by atoms with Gasteiger partial charge < -0.3 is 4.90 Å². The molecule has 0 fully saturated rings. The molecular formula is C60H55N. The molecule has 8 aromatic carbocycles. The van der Waals surface area contributed by atoms with Crippen molar-refractivity contribution in [1.29, 1.82) is 0 Å². The minimum atomic E-state index is -0.116. The monoisotopic (exact) mass is 789 g/mol. The smallest absolute Gasteiger partial charge is 0.0468 e. The van der Waals surface area contributed by atoms with Crippen LogP contribution in [-0.2, 0) is 21.7 Å². The molecule has 0 aromatic heterocycles. The molecule has 0 heterocycles. The highest BCUT2D eigenvalue weighted by Gasteiger charge is 2.47. The quantitative estimate of drug-likeness (QED) is 0.162. The van der Waals surface area contributed by atoms with Crippen LogP contribution in [0.3, 0.4) is 0 Å². The van der Waals surface area contributed by atoms with Gasteiger partial charge in [-0.3, -0.25) is 0 Å². The number of rotatable bonds is 6. The summed E-state index contributed by atoms with van der Waals surface area (Å²) in [6.45, 7) is 19.3. The highest BCUT2D eigenvalue weighted by Crippen LogP contribution is 2.57. The molecule has 61 heavy (non-hydrogen) atoms. The summed E-state index contributed by atoms with van der Waals surface area (Å²) in [7, 11) is 0. The van der Waals surface area contributed by atoms with E-state index in [9.17, 15) is 0 Å². The van der Waals surface area contributed by atoms with E-state index in [0.717, 1.165) is 17.1 Å². The summed E-state index contributed by atoms with van der Waals surface area (Å²) >= 11 is 0. The van der Waals surface area contributed by atoms with E-state index in [1.54, 1.807) is 0 Å². The fourth-order valence-corrected chi connectivity index (χ4v) is 10.4. The minimum absolute atomic E-state index is 0.0108. The lowest BCUT2D eigenvalue weighted by Gasteiger charge is -2.48. The van der Waals surface area contributed by atoms with Crippen molar-refractivity contribution in [2.45, 2.75) is 77.0 Å². The summed E-state index contributed by atoms with van der Waals surface area (Å²) in [5.41, 5.74) is 21.5. The van der Waals surface area contributed by atoms with Crippen molar-refractivity contribution in [3.05, 3.63) is 210 Å². The number of benzene rings is 8. The second-order valence-electron chi connectivity index (χ2n) is 19.5. The number of hydrogen-bond donors (Lipinski definition) is 0. The molecule has 0 amide bonds. The zero-order chi connectivity index (χ0) is 42.3. The number of para-hydroxylation sites is 1. The van der Waals surface area contributed by atoms with Gasteiger partial charge in [-0.25, -0.2) is 0 Å². The van der Waals surface area contributed by atoms with E-state index in [2.05, 4.69) is 248 Å². The molecule has 0 radical (unpaired) electrons. The van der Waals surface area contributed by atoms with Gasteiger partial charge in [0.2, 0.25) is 0 Å². The van der Waals surface area contributed by atoms with Crippen molar-refractivity contribution < 1.29 is 0 Å². The molecule has 0 aliphatic heterocycles. The van der Waals surface area contributed by atoms with Gasteiger partial charge in [0.15, 0.2) is 0 Å². The Balaban J connectivity index is 1.07. The largest absolute Gasteiger partial charge is 0.310 e. The maximum absolute atomic E-state index is 2.48. The molecule has 0 saturated heterocycles. The summed E-state index contributed by atoms with van der Waals surface area (Å²) in [6, 6.07) is 70.1. The highest BCUT2D eigenvalue weighted by molar-refractivity contribution is 5.88. The second kappa shape index (κ2) is 14.1. The molecule has 10 rings (SSSR count). The Morgan fingerprint density at radius 2 is 0.672 bits per heavy atom. The van der Waals surface area contributed by atoms with E-state index in [1.807, 2.05) is 0 Å². The lowest BCUT2D eigenvalue weighted by Crippen LogP contribution is -2.43. The van der Waals surface area contributed by atoms with Crippen LogP contribution in [0.25, 0.3) is 55.6 Å². The lowest BCUT2D eigenvalue weighted by molar-refractivity contribution is 0.299. The minimum Gasteiger partial charge on any atom is -0.310 e. The molecule has 0 N–H and O–H groups in total. The fourth-order valence-electron chi connectivity index (χ4n) is 10.4. The first-order chi connectivity index (χ1) is 29.3. The summed E-state index contributed by atoms with van der Waals surface area (Å²) in [5.74, 6) is 0. The molecule has 2 aliphatic rings. The first-order valence-electron chi connectivity index (χ1n) is 21.9. The molecule has 0 spiro atoms. The van der Waals surface area contributed by atoms with Crippen molar-refractivity contribution in [3.8, 4) is 55.6 Å². The molecule has 0 atom stereocenters. The molecule has 0 saturated carbocycles. The van der Waals surface area contributed by atoms with Crippen LogP contribution in [0.5, 0.6) is 0 Å². The second-order valence-corrected chi connectivity index (χ2v) is 19.5. The van der Waals surface area contributed by atoms with E-state index in [0.29, 0.717) is 0 Å². The number of hydrogen-bond acceptors (Lipinski definition) is 1. The number of anilines is 3. The number of nitrogens with zero attached hydrogens (tertiary/aromatic N) is 1. The van der Waals surface area contributed by atoms with E-state index in [4.69, 9.17) is 0 Å². The molecule has 0 bridgehead atoms. The van der Waals surface area contributed by atoms with Crippen LogP contribution >= 0.6 is 0 Å². The Hall–Kier alpha value is -6.44. The van der Waals surface area contributed by atoms with Crippen LogP contribution in [0.1, 0.15) is 77.6 Å². The highest BCUT2D eigenvalue weighted by atomic mass is 15.1. The Labute approximate surface area is 363 Å². The predicted octanol–water partition coefficient (Wildman–Crippen LogP) is 16.6. The fraction of sp³-hybridized carbons (Fsp3) is 0.200. The van der Waals surface area contributed by atoms with Crippen molar-refractivity contribution >= 4 is 17.1 Å². The van der Waals surface area contributed by atoms with Gasteiger partial charge >= 0.3 is 0 Å². The third-order valence-corrected chi connectivity index (χ3v) is 15.4. The third kappa shape index (κ3) is 6.04. The summed E-state index contributed by atoms with van der Waals surface area (Å²) < 4.78 is 0. The Kier molecular flexibility index (Phi) is 8.93. The molecule has 1 heteroatoms. The molecule has 0 unspecified atom stereocenters. The summed E-state index contributed by atoms with van der Waals surface area (Å²) in [6.07, 6.45) is 0. The topological polar surface area (TPSA) is 3.24 Å². The average molecular weight is 790 g/mol. The van der Waals surface area contributed by atoms with Crippen LogP contribution < -0.4 is 4.90 Å². The van der Waals surface area contributed by atoms with E-state index < -0.39 is 0 Å².